The lowest BCUT2D eigenvalue weighted by atomic mass is 9.84. The van der Waals surface area contributed by atoms with E-state index in [0.717, 1.165) is 42.5 Å². The molecule has 0 aliphatic heterocycles. The largest absolute Gasteiger partial charge is 0.422 e. The Kier molecular flexibility index (Phi) is 5.24. The number of fused-ring (bicyclic) bond motifs is 2. The Morgan fingerprint density at radius 1 is 1.31 bits per heavy atom. The molecule has 6 nitrogen and oxygen atoms in total. The third-order valence-corrected chi connectivity index (χ3v) is 6.59. The molecule has 0 saturated carbocycles. The van der Waals surface area contributed by atoms with Gasteiger partial charge in [-0.2, -0.15) is 0 Å². The molecule has 0 spiro atoms. The first-order chi connectivity index (χ1) is 14.0. The Bertz CT molecular complexity index is 1160. The van der Waals surface area contributed by atoms with Gasteiger partial charge in [-0.3, -0.25) is 9.59 Å². The molecule has 3 N–H and O–H groups in total. The number of nitrogens with one attached hydrogen (secondary N) is 1. The van der Waals surface area contributed by atoms with Crippen LogP contribution in [-0.2, 0) is 12.8 Å². The van der Waals surface area contributed by atoms with Crippen molar-refractivity contribution in [2.24, 2.45) is 11.7 Å². The summed E-state index contributed by atoms with van der Waals surface area (Å²) in [7, 11) is 0. The Morgan fingerprint density at radius 2 is 2.10 bits per heavy atom. The first-order valence-electron chi connectivity index (χ1n) is 9.76. The number of para-hydroxylation sites is 1. The van der Waals surface area contributed by atoms with Gasteiger partial charge in [-0.25, -0.2) is 4.79 Å². The summed E-state index contributed by atoms with van der Waals surface area (Å²) in [5.41, 5.74) is 6.54. The van der Waals surface area contributed by atoms with Gasteiger partial charge in [0.25, 0.3) is 11.8 Å². The molecule has 2 amide bonds. The molecule has 0 unspecified atom stereocenters. The molecule has 150 valence electrons. The van der Waals surface area contributed by atoms with Crippen LogP contribution in [0, 0.1) is 5.92 Å². The summed E-state index contributed by atoms with van der Waals surface area (Å²) >= 11 is 1.39. The number of hydrogen-bond acceptors (Lipinski definition) is 5. The van der Waals surface area contributed by atoms with Gasteiger partial charge in [0.15, 0.2) is 0 Å². The van der Waals surface area contributed by atoms with Gasteiger partial charge in [-0.15, -0.1) is 11.3 Å². The minimum atomic E-state index is -0.717. The third kappa shape index (κ3) is 3.70. The average molecular weight is 410 g/mol. The van der Waals surface area contributed by atoms with Gasteiger partial charge in [-0.05, 0) is 42.9 Å². The summed E-state index contributed by atoms with van der Waals surface area (Å²) < 4.78 is 5.25. The highest BCUT2D eigenvalue weighted by Crippen LogP contribution is 2.40. The second kappa shape index (κ2) is 7.83. The molecular weight excluding hydrogens is 388 g/mol. The maximum absolute atomic E-state index is 12.8. The topological polar surface area (TPSA) is 102 Å². The minimum Gasteiger partial charge on any atom is -0.422 e. The zero-order valence-corrected chi connectivity index (χ0v) is 16.9. The Balaban J connectivity index is 1.68. The molecule has 2 aromatic heterocycles. The van der Waals surface area contributed by atoms with E-state index in [2.05, 4.69) is 12.2 Å². The normalized spacial score (nSPS) is 15.8. The van der Waals surface area contributed by atoms with Crippen molar-refractivity contribution in [3.63, 3.8) is 0 Å². The van der Waals surface area contributed by atoms with E-state index in [9.17, 15) is 14.4 Å². The molecule has 0 radical (unpaired) electrons. The average Bonchev–Trinajstić information content (AvgIpc) is 3.04. The molecule has 1 aliphatic carbocycles. The SMILES string of the molecule is CCC[C@H]1CCc2c(sc(NC(=O)c3cc4ccccc4oc3=O)c2C(N)=O)C1. The number of primary amides is 1. The summed E-state index contributed by atoms with van der Waals surface area (Å²) in [4.78, 5) is 38.3. The summed E-state index contributed by atoms with van der Waals surface area (Å²) in [5.74, 6) is -0.573. The van der Waals surface area contributed by atoms with E-state index >= 15 is 0 Å². The lowest BCUT2D eigenvalue weighted by Gasteiger charge is -2.21. The van der Waals surface area contributed by atoms with Crippen molar-refractivity contribution in [1.29, 1.82) is 0 Å². The van der Waals surface area contributed by atoms with Crippen LogP contribution in [0.4, 0.5) is 5.00 Å². The number of nitrogens with two attached hydrogens (primary N) is 1. The number of benzene rings is 1. The van der Waals surface area contributed by atoms with Crippen LogP contribution in [0.25, 0.3) is 11.0 Å². The summed E-state index contributed by atoms with van der Waals surface area (Å²) in [6.07, 6.45) is 4.95. The maximum Gasteiger partial charge on any atom is 0.349 e. The van der Waals surface area contributed by atoms with Crippen LogP contribution in [0.1, 0.15) is 57.3 Å². The van der Waals surface area contributed by atoms with Crippen molar-refractivity contribution in [2.45, 2.75) is 39.0 Å². The fraction of sp³-hybridized carbons (Fsp3) is 0.318. The molecular formula is C22H22N2O4S. The van der Waals surface area contributed by atoms with Crippen LogP contribution in [0.2, 0.25) is 0 Å². The maximum atomic E-state index is 12.8. The van der Waals surface area contributed by atoms with Crippen LogP contribution in [0.15, 0.2) is 39.5 Å². The van der Waals surface area contributed by atoms with E-state index in [-0.39, 0.29) is 5.56 Å². The summed E-state index contributed by atoms with van der Waals surface area (Å²) in [6.45, 7) is 2.17. The highest BCUT2D eigenvalue weighted by molar-refractivity contribution is 7.17. The highest BCUT2D eigenvalue weighted by atomic mass is 32.1. The second-order valence-corrected chi connectivity index (χ2v) is 8.51. The van der Waals surface area contributed by atoms with Gasteiger partial charge in [0.1, 0.15) is 16.1 Å². The van der Waals surface area contributed by atoms with E-state index in [1.54, 1.807) is 24.3 Å². The zero-order chi connectivity index (χ0) is 20.5. The third-order valence-electron chi connectivity index (χ3n) is 5.42. The van der Waals surface area contributed by atoms with E-state index in [4.69, 9.17) is 10.2 Å². The predicted molar refractivity (Wildman–Crippen MR) is 114 cm³/mol. The standard InChI is InChI=1S/C22H22N2O4S/c1-2-5-12-8-9-14-17(10-12)29-21(18(14)19(23)25)24-20(26)15-11-13-6-3-4-7-16(13)28-22(15)27/h3-4,6-7,11-12H,2,5,8-10H2,1H3,(H2,23,25)(H,24,26)/t12-/m0/s1. The van der Waals surface area contributed by atoms with E-state index < -0.39 is 17.4 Å². The molecule has 4 rings (SSSR count). The lowest BCUT2D eigenvalue weighted by molar-refractivity contribution is 0.1000. The Morgan fingerprint density at radius 3 is 2.86 bits per heavy atom. The number of hydrogen-bond donors (Lipinski definition) is 2. The minimum absolute atomic E-state index is 0.102. The molecule has 1 atom stereocenters. The van der Waals surface area contributed by atoms with Gasteiger partial charge < -0.3 is 15.5 Å². The van der Waals surface area contributed by atoms with Crippen LogP contribution in [0.5, 0.6) is 0 Å². The first kappa shape index (κ1) is 19.4. The fourth-order valence-corrected chi connectivity index (χ4v) is 5.41. The molecule has 1 aliphatic rings. The van der Waals surface area contributed by atoms with Crippen molar-refractivity contribution >= 4 is 39.1 Å². The van der Waals surface area contributed by atoms with Crippen LogP contribution < -0.4 is 16.7 Å². The second-order valence-electron chi connectivity index (χ2n) is 7.41. The summed E-state index contributed by atoms with van der Waals surface area (Å²) in [5, 5.41) is 3.80. The lowest BCUT2D eigenvalue weighted by Crippen LogP contribution is -2.23. The van der Waals surface area contributed by atoms with Crippen LogP contribution in [-0.4, -0.2) is 11.8 Å². The predicted octanol–water partition coefficient (Wildman–Crippen LogP) is 4.11. The Labute approximate surface area is 171 Å². The van der Waals surface area contributed by atoms with Crippen molar-refractivity contribution in [3.8, 4) is 0 Å². The van der Waals surface area contributed by atoms with Crippen molar-refractivity contribution in [3.05, 3.63) is 62.3 Å². The van der Waals surface area contributed by atoms with Crippen molar-refractivity contribution in [2.75, 3.05) is 5.32 Å². The number of amides is 2. The zero-order valence-electron chi connectivity index (χ0n) is 16.1. The quantitative estimate of drug-likeness (QED) is 0.618. The van der Waals surface area contributed by atoms with Crippen molar-refractivity contribution < 1.29 is 14.0 Å². The van der Waals surface area contributed by atoms with Gasteiger partial charge >= 0.3 is 5.63 Å². The molecule has 7 heteroatoms. The van der Waals surface area contributed by atoms with Crippen LogP contribution in [0.3, 0.4) is 0 Å². The molecule has 29 heavy (non-hydrogen) atoms. The van der Waals surface area contributed by atoms with Gasteiger partial charge in [0.2, 0.25) is 0 Å². The number of anilines is 1. The van der Waals surface area contributed by atoms with E-state index in [1.807, 2.05) is 0 Å². The molecule has 2 heterocycles. The number of carbonyl (C=O) groups is 2. The number of thiophene rings is 1. The molecule has 0 fully saturated rings. The van der Waals surface area contributed by atoms with Crippen molar-refractivity contribution in [1.82, 2.24) is 0 Å². The fourth-order valence-electron chi connectivity index (χ4n) is 4.05. The van der Waals surface area contributed by atoms with E-state index in [1.165, 1.54) is 17.4 Å². The van der Waals surface area contributed by atoms with Gasteiger partial charge in [-0.1, -0.05) is 38.0 Å². The first-order valence-corrected chi connectivity index (χ1v) is 10.6. The van der Waals surface area contributed by atoms with Gasteiger partial charge in [0, 0.05) is 10.3 Å². The molecule has 0 saturated heterocycles. The molecule has 3 aromatic rings. The molecule has 1 aromatic carbocycles. The highest BCUT2D eigenvalue weighted by Gasteiger charge is 2.29. The van der Waals surface area contributed by atoms with E-state index in [0.29, 0.717) is 27.5 Å². The molecule has 0 bridgehead atoms. The van der Waals surface area contributed by atoms with Gasteiger partial charge in [0.05, 0.1) is 5.56 Å². The Hall–Kier alpha value is -2.93. The monoisotopic (exact) mass is 410 g/mol. The van der Waals surface area contributed by atoms with Crippen LogP contribution >= 0.6 is 11.3 Å². The summed E-state index contributed by atoms with van der Waals surface area (Å²) in [6, 6.07) is 8.50. The number of carbonyl (C=O) groups excluding carboxylic acids is 2. The smallest absolute Gasteiger partial charge is 0.349 e. The number of rotatable bonds is 5.